The number of aryl methyl sites for hydroxylation is 1. The summed E-state index contributed by atoms with van der Waals surface area (Å²) >= 11 is 0. The van der Waals surface area contributed by atoms with Gasteiger partial charge in [-0.1, -0.05) is 0 Å². The average Bonchev–Trinajstić information content (AvgIpc) is 2.76. The summed E-state index contributed by atoms with van der Waals surface area (Å²) in [6.45, 7) is 2.64. The second kappa shape index (κ2) is 4.75. The lowest BCUT2D eigenvalue weighted by molar-refractivity contribution is 0.165. The maximum absolute atomic E-state index is 12.3. The van der Waals surface area contributed by atoms with Gasteiger partial charge in [-0.15, -0.1) is 0 Å². The summed E-state index contributed by atoms with van der Waals surface area (Å²) in [5.41, 5.74) is 0.552. The van der Waals surface area contributed by atoms with Crippen molar-refractivity contribution in [1.29, 1.82) is 0 Å². The number of aromatic amines is 1. The number of aromatic nitrogens is 2. The van der Waals surface area contributed by atoms with Crippen LogP contribution in [0.2, 0.25) is 0 Å². The molecule has 2 rings (SSSR count). The Hall–Kier alpha value is -0.920. The van der Waals surface area contributed by atoms with Crippen molar-refractivity contribution >= 4 is 10.0 Å². The van der Waals surface area contributed by atoms with Crippen LogP contribution in [0.15, 0.2) is 11.1 Å². The Morgan fingerprint density at radius 3 is 3.00 bits per heavy atom. The monoisotopic (exact) mass is 259 g/mol. The van der Waals surface area contributed by atoms with Gasteiger partial charge >= 0.3 is 0 Å². The van der Waals surface area contributed by atoms with E-state index in [1.165, 1.54) is 10.5 Å². The molecule has 0 aliphatic carbocycles. The molecule has 1 fully saturated rings. The number of rotatable bonds is 3. The lowest BCUT2D eigenvalue weighted by Crippen LogP contribution is -2.40. The number of hydrogen-bond acceptors (Lipinski definition) is 4. The molecule has 2 heterocycles. The Morgan fingerprint density at radius 1 is 1.65 bits per heavy atom. The zero-order valence-corrected chi connectivity index (χ0v) is 10.6. The zero-order valence-electron chi connectivity index (χ0n) is 9.76. The van der Waals surface area contributed by atoms with Crippen molar-refractivity contribution in [2.75, 3.05) is 19.7 Å². The van der Waals surface area contributed by atoms with Crippen molar-refractivity contribution in [2.45, 2.75) is 24.7 Å². The summed E-state index contributed by atoms with van der Waals surface area (Å²) in [5.74, 6) is 0.0470. The van der Waals surface area contributed by atoms with Gasteiger partial charge in [-0.2, -0.15) is 9.40 Å². The quantitative estimate of drug-likeness (QED) is 0.806. The normalized spacial score (nSPS) is 22.8. The van der Waals surface area contributed by atoms with E-state index in [1.807, 2.05) is 0 Å². The lowest BCUT2D eigenvalue weighted by atomic mass is 10.0. The van der Waals surface area contributed by atoms with Crippen LogP contribution in [0.5, 0.6) is 0 Å². The van der Waals surface area contributed by atoms with E-state index in [1.54, 1.807) is 6.92 Å². The summed E-state index contributed by atoms with van der Waals surface area (Å²) in [7, 11) is -3.46. The number of piperidine rings is 1. The van der Waals surface area contributed by atoms with Gasteiger partial charge in [0.15, 0.2) is 0 Å². The molecule has 1 atom stereocenters. The fraction of sp³-hybridized carbons (Fsp3) is 0.700. The number of aliphatic hydroxyl groups excluding tert-OH is 1. The third-order valence-corrected chi connectivity index (χ3v) is 5.12. The van der Waals surface area contributed by atoms with Crippen LogP contribution in [0.3, 0.4) is 0 Å². The molecule has 1 aromatic rings. The van der Waals surface area contributed by atoms with Crippen LogP contribution in [-0.2, 0) is 10.0 Å². The van der Waals surface area contributed by atoms with E-state index in [9.17, 15) is 8.42 Å². The first-order valence-corrected chi connectivity index (χ1v) is 7.10. The van der Waals surface area contributed by atoms with Crippen molar-refractivity contribution in [1.82, 2.24) is 14.5 Å². The van der Waals surface area contributed by atoms with Crippen molar-refractivity contribution in [3.05, 3.63) is 11.9 Å². The Labute approximate surface area is 101 Å². The molecule has 6 nitrogen and oxygen atoms in total. The van der Waals surface area contributed by atoms with E-state index in [0.717, 1.165) is 12.8 Å². The third-order valence-electron chi connectivity index (χ3n) is 3.14. The number of H-pyrrole nitrogens is 1. The van der Waals surface area contributed by atoms with E-state index in [0.29, 0.717) is 18.8 Å². The van der Waals surface area contributed by atoms with Crippen LogP contribution in [0, 0.1) is 12.8 Å². The first kappa shape index (κ1) is 12.5. The molecule has 1 aromatic heterocycles. The van der Waals surface area contributed by atoms with E-state index >= 15 is 0 Å². The number of sulfonamides is 1. The second-order valence-electron chi connectivity index (χ2n) is 4.41. The van der Waals surface area contributed by atoms with E-state index in [4.69, 9.17) is 5.11 Å². The van der Waals surface area contributed by atoms with Gasteiger partial charge in [0.2, 0.25) is 10.0 Å². The molecule has 1 aliphatic rings. The van der Waals surface area contributed by atoms with Crippen LogP contribution in [0.4, 0.5) is 0 Å². The van der Waals surface area contributed by atoms with E-state index in [-0.39, 0.29) is 17.4 Å². The highest BCUT2D eigenvalue weighted by Crippen LogP contribution is 2.24. The van der Waals surface area contributed by atoms with Crippen LogP contribution in [-0.4, -0.2) is 47.7 Å². The average molecular weight is 259 g/mol. The summed E-state index contributed by atoms with van der Waals surface area (Å²) in [4.78, 5) is 0.232. The maximum Gasteiger partial charge on any atom is 0.246 e. The van der Waals surface area contributed by atoms with Gasteiger partial charge in [0.25, 0.3) is 0 Å². The number of hydrogen-bond donors (Lipinski definition) is 2. The van der Waals surface area contributed by atoms with Gasteiger partial charge < -0.3 is 5.11 Å². The van der Waals surface area contributed by atoms with Crippen molar-refractivity contribution < 1.29 is 13.5 Å². The Balaban J connectivity index is 2.24. The SMILES string of the molecule is Cc1[nH]ncc1S(=O)(=O)N1CCCC(CO)C1. The van der Waals surface area contributed by atoms with Gasteiger partial charge in [0.05, 0.1) is 11.9 Å². The number of nitrogens with one attached hydrogen (secondary N) is 1. The topological polar surface area (TPSA) is 86.3 Å². The van der Waals surface area contributed by atoms with Gasteiger partial charge in [-0.3, -0.25) is 5.10 Å². The third kappa shape index (κ3) is 2.36. The molecule has 0 saturated carbocycles. The molecule has 17 heavy (non-hydrogen) atoms. The Kier molecular flexibility index (Phi) is 3.50. The first-order chi connectivity index (χ1) is 8.05. The molecule has 7 heteroatoms. The molecule has 2 N–H and O–H groups in total. The van der Waals surface area contributed by atoms with Crippen molar-refractivity contribution in [3.8, 4) is 0 Å². The van der Waals surface area contributed by atoms with Crippen LogP contribution < -0.4 is 0 Å². The molecule has 0 bridgehead atoms. The molecule has 0 aromatic carbocycles. The molecule has 0 amide bonds. The first-order valence-electron chi connectivity index (χ1n) is 5.66. The highest BCUT2D eigenvalue weighted by atomic mass is 32.2. The predicted octanol–water partition coefficient (Wildman–Crippen LogP) is 0.111. The van der Waals surface area contributed by atoms with Gasteiger partial charge in [0.1, 0.15) is 4.90 Å². The summed E-state index contributed by atoms with van der Waals surface area (Å²) in [6.07, 6.45) is 3.02. The highest BCUT2D eigenvalue weighted by Gasteiger charge is 2.31. The second-order valence-corrected chi connectivity index (χ2v) is 6.32. The molecular weight excluding hydrogens is 242 g/mol. The molecule has 0 radical (unpaired) electrons. The minimum Gasteiger partial charge on any atom is -0.396 e. The van der Waals surface area contributed by atoms with Crippen molar-refractivity contribution in [3.63, 3.8) is 0 Å². The standard InChI is InChI=1S/C10H17N3O3S/c1-8-10(5-11-12-8)17(15,16)13-4-2-3-9(6-13)7-14/h5,9,14H,2-4,6-7H2,1H3,(H,11,12). The predicted molar refractivity (Wildman–Crippen MR) is 61.9 cm³/mol. The van der Waals surface area contributed by atoms with Gasteiger partial charge in [-0.05, 0) is 25.7 Å². The van der Waals surface area contributed by atoms with Crippen LogP contribution in [0.1, 0.15) is 18.5 Å². The molecular formula is C10H17N3O3S. The van der Waals surface area contributed by atoms with Crippen LogP contribution in [0.25, 0.3) is 0 Å². The number of nitrogens with zero attached hydrogens (tertiary/aromatic N) is 2. The smallest absolute Gasteiger partial charge is 0.246 e. The van der Waals surface area contributed by atoms with Crippen LogP contribution >= 0.6 is 0 Å². The summed E-state index contributed by atoms with van der Waals surface area (Å²) in [6, 6.07) is 0. The minimum absolute atomic E-state index is 0.0381. The van der Waals surface area contributed by atoms with Gasteiger partial charge in [-0.25, -0.2) is 8.42 Å². The fourth-order valence-electron chi connectivity index (χ4n) is 2.13. The lowest BCUT2D eigenvalue weighted by Gasteiger charge is -2.30. The Morgan fingerprint density at radius 2 is 2.41 bits per heavy atom. The zero-order chi connectivity index (χ0) is 12.5. The molecule has 96 valence electrons. The maximum atomic E-state index is 12.3. The van der Waals surface area contributed by atoms with Crippen molar-refractivity contribution in [2.24, 2.45) is 5.92 Å². The minimum atomic E-state index is -3.46. The van der Waals surface area contributed by atoms with E-state index in [2.05, 4.69) is 10.2 Å². The summed E-state index contributed by atoms with van der Waals surface area (Å²) in [5, 5.41) is 15.5. The Bertz CT molecular complexity index is 483. The van der Waals surface area contributed by atoms with Gasteiger partial charge in [0, 0.05) is 19.7 Å². The number of aliphatic hydroxyl groups is 1. The summed E-state index contributed by atoms with van der Waals surface area (Å²) < 4.78 is 26.1. The largest absolute Gasteiger partial charge is 0.396 e. The molecule has 1 saturated heterocycles. The molecule has 1 aliphatic heterocycles. The van der Waals surface area contributed by atoms with E-state index < -0.39 is 10.0 Å². The fourth-order valence-corrected chi connectivity index (χ4v) is 3.81. The highest BCUT2D eigenvalue weighted by molar-refractivity contribution is 7.89. The molecule has 1 unspecified atom stereocenters. The molecule has 0 spiro atoms.